The highest BCUT2D eigenvalue weighted by Crippen LogP contribution is 2.23. The molecule has 0 atom stereocenters. The Balaban J connectivity index is 1.50. The van der Waals surface area contributed by atoms with Gasteiger partial charge in [-0.1, -0.05) is 48.0 Å². The van der Waals surface area contributed by atoms with Crippen LogP contribution in [0.3, 0.4) is 0 Å². The summed E-state index contributed by atoms with van der Waals surface area (Å²) < 4.78 is 0. The first-order valence-electron chi connectivity index (χ1n) is 10.1. The van der Waals surface area contributed by atoms with Crippen molar-refractivity contribution in [1.82, 2.24) is 14.8 Å². The van der Waals surface area contributed by atoms with Crippen LogP contribution in [0, 0.1) is 0 Å². The number of nitrogens with zero attached hydrogens (tertiary/aromatic N) is 4. The van der Waals surface area contributed by atoms with Crippen molar-refractivity contribution in [3.8, 4) is 0 Å². The van der Waals surface area contributed by atoms with Gasteiger partial charge in [-0.25, -0.2) is 0 Å². The molecule has 0 bridgehead atoms. The summed E-state index contributed by atoms with van der Waals surface area (Å²) in [4.78, 5) is 47.2. The van der Waals surface area contributed by atoms with Crippen molar-refractivity contribution in [2.45, 2.75) is 6.54 Å². The standard InChI is InChI=1S/C24H21ClN4O3/c25-20-9-4-10-21(12-20)29-17-28(16-23(29)31)22(30)15-27(14-18-6-2-1-3-7-18)24(32)19-8-5-11-26-13-19/h1-13H,14-17H2. The molecular weight excluding hydrogens is 428 g/mol. The second-order valence-corrected chi connectivity index (χ2v) is 7.86. The second kappa shape index (κ2) is 9.62. The third-order valence-corrected chi connectivity index (χ3v) is 5.39. The van der Waals surface area contributed by atoms with Crippen LogP contribution in [0.5, 0.6) is 0 Å². The van der Waals surface area contributed by atoms with Gasteiger partial charge in [0.05, 0.1) is 5.56 Å². The molecule has 1 saturated heterocycles. The minimum atomic E-state index is -0.309. The van der Waals surface area contributed by atoms with E-state index in [1.165, 1.54) is 20.9 Å². The topological polar surface area (TPSA) is 73.8 Å². The molecular formula is C24H21ClN4O3. The summed E-state index contributed by atoms with van der Waals surface area (Å²) in [7, 11) is 0. The predicted molar refractivity (Wildman–Crippen MR) is 121 cm³/mol. The lowest BCUT2D eigenvalue weighted by molar-refractivity contribution is -0.132. The monoisotopic (exact) mass is 448 g/mol. The van der Waals surface area contributed by atoms with E-state index in [0.717, 1.165) is 5.56 Å². The SMILES string of the molecule is O=C(CN(Cc1ccccc1)C(=O)c1cccnc1)N1CC(=O)N(c2cccc(Cl)c2)C1. The van der Waals surface area contributed by atoms with Gasteiger partial charge in [0.2, 0.25) is 11.8 Å². The van der Waals surface area contributed by atoms with Crippen molar-refractivity contribution in [2.24, 2.45) is 0 Å². The number of halogens is 1. The fraction of sp³-hybridized carbons (Fsp3) is 0.167. The minimum Gasteiger partial charge on any atom is -0.325 e. The number of pyridine rings is 1. The van der Waals surface area contributed by atoms with E-state index >= 15 is 0 Å². The van der Waals surface area contributed by atoms with Crippen molar-refractivity contribution in [1.29, 1.82) is 0 Å². The zero-order valence-corrected chi connectivity index (χ0v) is 18.0. The fourth-order valence-electron chi connectivity index (χ4n) is 3.52. The molecule has 0 radical (unpaired) electrons. The summed E-state index contributed by atoms with van der Waals surface area (Å²) in [6.45, 7) is 0.170. The molecule has 3 amide bonds. The molecule has 4 rings (SSSR count). The Labute approximate surface area is 190 Å². The second-order valence-electron chi connectivity index (χ2n) is 7.42. The van der Waals surface area contributed by atoms with E-state index in [9.17, 15) is 14.4 Å². The highest BCUT2D eigenvalue weighted by molar-refractivity contribution is 6.31. The molecule has 162 valence electrons. The van der Waals surface area contributed by atoms with Gasteiger partial charge in [-0.3, -0.25) is 24.3 Å². The van der Waals surface area contributed by atoms with Crippen LogP contribution in [-0.4, -0.2) is 52.3 Å². The van der Waals surface area contributed by atoms with Crippen LogP contribution in [0.25, 0.3) is 0 Å². The first-order valence-corrected chi connectivity index (χ1v) is 10.5. The summed E-state index contributed by atoms with van der Waals surface area (Å²) in [5.41, 5.74) is 1.93. The van der Waals surface area contributed by atoms with Crippen molar-refractivity contribution < 1.29 is 14.4 Å². The summed E-state index contributed by atoms with van der Waals surface area (Å²) in [6.07, 6.45) is 3.06. The largest absolute Gasteiger partial charge is 0.325 e. The third kappa shape index (κ3) is 4.95. The molecule has 0 aliphatic carbocycles. The number of carbonyl (C=O) groups excluding carboxylic acids is 3. The van der Waals surface area contributed by atoms with E-state index in [4.69, 9.17) is 11.6 Å². The highest BCUT2D eigenvalue weighted by atomic mass is 35.5. The van der Waals surface area contributed by atoms with Crippen LogP contribution in [0.2, 0.25) is 5.02 Å². The Morgan fingerprint density at radius 3 is 2.56 bits per heavy atom. The van der Waals surface area contributed by atoms with E-state index in [0.29, 0.717) is 16.3 Å². The molecule has 32 heavy (non-hydrogen) atoms. The molecule has 1 aliphatic rings. The molecule has 0 unspecified atom stereocenters. The zero-order valence-electron chi connectivity index (χ0n) is 17.2. The van der Waals surface area contributed by atoms with Crippen LogP contribution in [0.1, 0.15) is 15.9 Å². The number of benzene rings is 2. The Bertz CT molecular complexity index is 1120. The lowest BCUT2D eigenvalue weighted by Gasteiger charge is -2.25. The van der Waals surface area contributed by atoms with Crippen molar-refractivity contribution in [3.05, 3.63) is 95.3 Å². The van der Waals surface area contributed by atoms with Gasteiger partial charge in [-0.2, -0.15) is 0 Å². The molecule has 1 aromatic heterocycles. The predicted octanol–water partition coefficient (Wildman–Crippen LogP) is 3.21. The minimum absolute atomic E-state index is 0.0500. The van der Waals surface area contributed by atoms with Gasteiger partial charge in [-0.05, 0) is 35.9 Å². The van der Waals surface area contributed by atoms with Gasteiger partial charge < -0.3 is 9.80 Å². The number of amides is 3. The van der Waals surface area contributed by atoms with E-state index in [2.05, 4.69) is 4.98 Å². The number of rotatable bonds is 6. The molecule has 3 aromatic rings. The number of carbonyl (C=O) groups is 3. The Morgan fingerprint density at radius 1 is 1.03 bits per heavy atom. The Hall–Kier alpha value is -3.71. The molecule has 7 nitrogen and oxygen atoms in total. The normalized spacial score (nSPS) is 13.3. The van der Waals surface area contributed by atoms with E-state index in [1.807, 2.05) is 30.3 Å². The highest BCUT2D eigenvalue weighted by Gasteiger charge is 2.33. The number of hydrogen-bond acceptors (Lipinski definition) is 4. The van der Waals surface area contributed by atoms with E-state index in [-0.39, 0.29) is 44.0 Å². The Morgan fingerprint density at radius 2 is 1.84 bits per heavy atom. The van der Waals surface area contributed by atoms with Crippen LogP contribution in [-0.2, 0) is 16.1 Å². The molecule has 2 aromatic carbocycles. The maximum Gasteiger partial charge on any atom is 0.256 e. The summed E-state index contributed by atoms with van der Waals surface area (Å²) in [6, 6.07) is 19.7. The smallest absolute Gasteiger partial charge is 0.256 e. The van der Waals surface area contributed by atoms with Crippen LogP contribution >= 0.6 is 11.6 Å². The van der Waals surface area contributed by atoms with Crippen molar-refractivity contribution in [3.63, 3.8) is 0 Å². The zero-order chi connectivity index (χ0) is 22.5. The lowest BCUT2D eigenvalue weighted by Crippen LogP contribution is -2.42. The summed E-state index contributed by atoms with van der Waals surface area (Å²) in [5, 5.41) is 0.510. The van der Waals surface area contributed by atoms with E-state index in [1.54, 1.807) is 42.6 Å². The number of aromatic nitrogens is 1. The molecule has 0 saturated carbocycles. The van der Waals surface area contributed by atoms with Gasteiger partial charge in [0.1, 0.15) is 19.8 Å². The molecule has 0 N–H and O–H groups in total. The maximum atomic E-state index is 13.1. The molecule has 8 heteroatoms. The van der Waals surface area contributed by atoms with Crippen molar-refractivity contribution in [2.75, 3.05) is 24.7 Å². The van der Waals surface area contributed by atoms with Gasteiger partial charge in [-0.15, -0.1) is 0 Å². The Kier molecular flexibility index (Phi) is 6.47. The molecule has 2 heterocycles. The van der Waals surface area contributed by atoms with Gasteiger partial charge in [0.15, 0.2) is 0 Å². The number of hydrogen-bond donors (Lipinski definition) is 0. The lowest BCUT2D eigenvalue weighted by atomic mass is 10.2. The average molecular weight is 449 g/mol. The van der Waals surface area contributed by atoms with Gasteiger partial charge in [0, 0.05) is 29.6 Å². The van der Waals surface area contributed by atoms with Gasteiger partial charge >= 0.3 is 0 Å². The summed E-state index contributed by atoms with van der Waals surface area (Å²) in [5.74, 6) is -0.808. The molecule has 1 aliphatic heterocycles. The first kappa shape index (κ1) is 21.5. The maximum absolute atomic E-state index is 13.1. The average Bonchev–Trinajstić information content (AvgIpc) is 3.21. The fourth-order valence-corrected chi connectivity index (χ4v) is 3.71. The van der Waals surface area contributed by atoms with E-state index < -0.39 is 0 Å². The first-order chi connectivity index (χ1) is 15.5. The third-order valence-electron chi connectivity index (χ3n) is 5.15. The molecule has 0 spiro atoms. The van der Waals surface area contributed by atoms with Crippen molar-refractivity contribution >= 4 is 35.0 Å². The number of anilines is 1. The molecule has 1 fully saturated rings. The van der Waals surface area contributed by atoms with Crippen LogP contribution in [0.4, 0.5) is 5.69 Å². The van der Waals surface area contributed by atoms with Crippen LogP contribution < -0.4 is 4.90 Å². The summed E-state index contributed by atoms with van der Waals surface area (Å²) >= 11 is 6.04. The van der Waals surface area contributed by atoms with Gasteiger partial charge in [0.25, 0.3) is 5.91 Å². The van der Waals surface area contributed by atoms with Crippen LogP contribution in [0.15, 0.2) is 79.1 Å². The quantitative estimate of drug-likeness (QED) is 0.580.